The Morgan fingerprint density at radius 1 is 1.06 bits per heavy atom. The minimum absolute atomic E-state index is 0.0439. The molecule has 7 nitrogen and oxygen atoms in total. The van der Waals surface area contributed by atoms with Crippen LogP contribution in [0.1, 0.15) is 35.2 Å². The molecule has 0 bridgehead atoms. The molecule has 0 aliphatic heterocycles. The summed E-state index contributed by atoms with van der Waals surface area (Å²) in [7, 11) is 1.73. The number of hydrogen-bond acceptors (Lipinski definition) is 3. The second-order valence-electron chi connectivity index (χ2n) is 9.35. The number of hydrogen-bond donors (Lipinski definition) is 2. The Hall–Kier alpha value is -4.13. The number of benzene rings is 2. The number of fused-ring (bicyclic) bond motifs is 1. The molecular weight excluding hydrogens is 438 g/mol. The van der Waals surface area contributed by atoms with Crippen molar-refractivity contribution in [3.05, 3.63) is 99.5 Å². The first-order chi connectivity index (χ1) is 16.8. The predicted octanol–water partition coefficient (Wildman–Crippen LogP) is 4.91. The number of amides is 2. The Morgan fingerprint density at radius 3 is 2.51 bits per heavy atom. The highest BCUT2D eigenvalue weighted by Gasteiger charge is 2.30. The normalized spacial score (nSPS) is 16.7. The van der Waals surface area contributed by atoms with E-state index in [9.17, 15) is 9.59 Å². The molecule has 2 aromatic heterocycles. The van der Waals surface area contributed by atoms with Crippen molar-refractivity contribution in [2.45, 2.75) is 33.2 Å². The first kappa shape index (κ1) is 22.7. The van der Waals surface area contributed by atoms with Crippen LogP contribution in [0.4, 0.5) is 10.6 Å². The average molecular weight is 468 g/mol. The summed E-state index contributed by atoms with van der Waals surface area (Å²) in [5.74, 6) is 0.900. The summed E-state index contributed by atoms with van der Waals surface area (Å²) in [6.45, 7) is 5.89. The predicted molar refractivity (Wildman–Crippen MR) is 138 cm³/mol. The molecule has 2 aromatic carbocycles. The third-order valence-corrected chi connectivity index (χ3v) is 6.78. The van der Waals surface area contributed by atoms with Crippen LogP contribution in [-0.2, 0) is 13.5 Å². The molecule has 0 saturated carbocycles. The number of aryl methyl sites for hydroxylation is 2. The lowest BCUT2D eigenvalue weighted by molar-refractivity contribution is 0.245. The lowest BCUT2D eigenvalue weighted by Crippen LogP contribution is -2.34. The van der Waals surface area contributed by atoms with Crippen molar-refractivity contribution in [1.29, 1.82) is 0 Å². The van der Waals surface area contributed by atoms with Gasteiger partial charge in [0.05, 0.1) is 17.4 Å². The van der Waals surface area contributed by atoms with Gasteiger partial charge in [0.25, 0.3) is 5.56 Å². The Morgan fingerprint density at radius 2 is 1.77 bits per heavy atom. The molecule has 4 aromatic rings. The highest BCUT2D eigenvalue weighted by atomic mass is 16.2. The number of rotatable bonds is 4. The maximum Gasteiger partial charge on any atom is 0.320 e. The number of urea groups is 1. The molecule has 7 heteroatoms. The molecule has 0 radical (unpaired) electrons. The van der Waals surface area contributed by atoms with Gasteiger partial charge in [-0.3, -0.25) is 10.1 Å². The Bertz CT molecular complexity index is 1440. The van der Waals surface area contributed by atoms with E-state index >= 15 is 0 Å². The summed E-state index contributed by atoms with van der Waals surface area (Å²) in [6.07, 6.45) is 2.72. The molecular formula is C28H29N5O2. The van der Waals surface area contributed by atoms with Crippen molar-refractivity contribution >= 4 is 11.8 Å². The van der Waals surface area contributed by atoms with E-state index in [4.69, 9.17) is 5.10 Å². The highest BCUT2D eigenvalue weighted by molar-refractivity contribution is 5.91. The molecule has 2 heterocycles. The van der Waals surface area contributed by atoms with E-state index in [0.717, 1.165) is 23.2 Å². The van der Waals surface area contributed by atoms with Gasteiger partial charge in [-0.05, 0) is 55.5 Å². The lowest BCUT2D eigenvalue weighted by atomic mass is 10.0. The Kier molecular flexibility index (Phi) is 5.76. The summed E-state index contributed by atoms with van der Waals surface area (Å²) in [5.41, 5.74) is 6.23. The third kappa shape index (κ3) is 4.14. The summed E-state index contributed by atoms with van der Waals surface area (Å²) in [6, 6.07) is 19.5. The molecule has 2 atom stereocenters. The van der Waals surface area contributed by atoms with Gasteiger partial charge in [-0.2, -0.15) is 5.10 Å². The van der Waals surface area contributed by atoms with Gasteiger partial charge in [0.1, 0.15) is 5.82 Å². The Labute approximate surface area is 204 Å². The molecule has 2 amide bonds. The van der Waals surface area contributed by atoms with Crippen molar-refractivity contribution < 1.29 is 4.79 Å². The first-order valence-electron chi connectivity index (χ1n) is 11.8. The number of nitrogens with zero attached hydrogens (tertiary/aromatic N) is 3. The van der Waals surface area contributed by atoms with Crippen molar-refractivity contribution in [2.75, 3.05) is 5.32 Å². The van der Waals surface area contributed by atoms with Crippen LogP contribution in [0.2, 0.25) is 0 Å². The topological polar surface area (TPSA) is 81.0 Å². The van der Waals surface area contributed by atoms with Crippen molar-refractivity contribution in [2.24, 2.45) is 13.0 Å². The minimum atomic E-state index is -0.276. The highest BCUT2D eigenvalue weighted by Crippen LogP contribution is 2.36. The second kappa shape index (κ2) is 8.91. The molecule has 2 N–H and O–H groups in total. The summed E-state index contributed by atoms with van der Waals surface area (Å²) < 4.78 is 3.31. The number of carbonyl (C=O) groups excluding carboxylic acids is 1. The van der Waals surface area contributed by atoms with Crippen LogP contribution in [0, 0.1) is 19.8 Å². The SMILES string of the molecule is Cc1c(-c2cc(C)c(=O)n(C)c2)nn(-c2ccccc2)c1NC(=O)N[C@@H]1c2ccccc2C[C@H]1C. The van der Waals surface area contributed by atoms with Crippen molar-refractivity contribution in [3.63, 3.8) is 0 Å². The smallest absolute Gasteiger partial charge is 0.320 e. The molecule has 0 fully saturated rings. The van der Waals surface area contributed by atoms with Crippen LogP contribution in [0.3, 0.4) is 0 Å². The lowest BCUT2D eigenvalue weighted by Gasteiger charge is -2.19. The average Bonchev–Trinajstić information content (AvgIpc) is 3.34. The minimum Gasteiger partial charge on any atom is -0.331 e. The number of aromatic nitrogens is 3. The molecule has 1 aliphatic carbocycles. The van der Waals surface area contributed by atoms with E-state index in [1.165, 1.54) is 11.1 Å². The number of para-hydroxylation sites is 1. The number of anilines is 1. The number of carbonyl (C=O) groups is 1. The van der Waals surface area contributed by atoms with Crippen LogP contribution in [-0.4, -0.2) is 20.4 Å². The van der Waals surface area contributed by atoms with Crippen LogP contribution in [0.5, 0.6) is 0 Å². The number of nitrogens with one attached hydrogen (secondary N) is 2. The summed E-state index contributed by atoms with van der Waals surface area (Å²) in [4.78, 5) is 25.5. The van der Waals surface area contributed by atoms with E-state index in [1.54, 1.807) is 29.4 Å². The molecule has 35 heavy (non-hydrogen) atoms. The quantitative estimate of drug-likeness (QED) is 0.448. The van der Waals surface area contributed by atoms with Gasteiger partial charge in [-0.1, -0.05) is 49.4 Å². The van der Waals surface area contributed by atoms with Crippen molar-refractivity contribution in [3.8, 4) is 16.9 Å². The van der Waals surface area contributed by atoms with Gasteiger partial charge < -0.3 is 9.88 Å². The molecule has 1 aliphatic rings. The van der Waals surface area contributed by atoms with Crippen molar-refractivity contribution in [1.82, 2.24) is 19.7 Å². The summed E-state index contributed by atoms with van der Waals surface area (Å²) >= 11 is 0. The van der Waals surface area contributed by atoms with Crippen LogP contribution >= 0.6 is 0 Å². The van der Waals surface area contributed by atoms with E-state index < -0.39 is 0 Å². The first-order valence-corrected chi connectivity index (χ1v) is 11.8. The number of pyridine rings is 1. The zero-order valence-electron chi connectivity index (χ0n) is 20.4. The maximum atomic E-state index is 13.2. The fourth-order valence-electron chi connectivity index (χ4n) is 4.98. The van der Waals surface area contributed by atoms with Crippen LogP contribution in [0.15, 0.2) is 71.7 Å². The monoisotopic (exact) mass is 467 g/mol. The van der Waals surface area contributed by atoms with Gasteiger partial charge in [-0.25, -0.2) is 9.48 Å². The van der Waals surface area contributed by atoms with Crippen LogP contribution in [0.25, 0.3) is 16.9 Å². The Balaban J connectivity index is 1.52. The fraction of sp³-hybridized carbons (Fsp3) is 0.250. The zero-order valence-corrected chi connectivity index (χ0v) is 20.4. The van der Waals surface area contributed by atoms with E-state index in [-0.39, 0.29) is 17.6 Å². The maximum absolute atomic E-state index is 13.2. The fourth-order valence-corrected chi connectivity index (χ4v) is 4.98. The van der Waals surface area contributed by atoms with E-state index in [2.05, 4.69) is 29.7 Å². The van der Waals surface area contributed by atoms with E-state index in [1.807, 2.05) is 55.5 Å². The van der Waals surface area contributed by atoms with Gasteiger partial charge >= 0.3 is 6.03 Å². The zero-order chi connectivity index (χ0) is 24.7. The third-order valence-electron chi connectivity index (χ3n) is 6.78. The summed E-state index contributed by atoms with van der Waals surface area (Å²) in [5, 5.41) is 11.1. The van der Waals surface area contributed by atoms with Gasteiger partial charge in [0.15, 0.2) is 0 Å². The molecule has 178 valence electrons. The molecule has 5 rings (SSSR count). The molecule has 0 unspecified atom stereocenters. The molecule has 0 spiro atoms. The standard InChI is InChI=1S/C28H29N5O2/c1-17-14-20-10-8-9-13-23(20)24(17)29-28(35)30-26-19(3)25(21-15-18(2)27(34)32(4)16-21)31-33(26)22-11-6-5-7-12-22/h5-13,15-17,24H,14H2,1-4H3,(H2,29,30,35)/t17-,24+/m1/s1. The second-order valence-corrected chi connectivity index (χ2v) is 9.35. The van der Waals surface area contributed by atoms with Crippen LogP contribution < -0.4 is 16.2 Å². The molecule has 0 saturated heterocycles. The van der Waals surface area contributed by atoms with Gasteiger partial charge in [0, 0.05) is 29.9 Å². The van der Waals surface area contributed by atoms with E-state index in [0.29, 0.717) is 23.0 Å². The van der Waals surface area contributed by atoms with Gasteiger partial charge in [0.2, 0.25) is 0 Å². The largest absolute Gasteiger partial charge is 0.331 e. The van der Waals surface area contributed by atoms with Gasteiger partial charge in [-0.15, -0.1) is 0 Å².